The zero-order chi connectivity index (χ0) is 20.2. The van der Waals surface area contributed by atoms with E-state index in [4.69, 9.17) is 9.47 Å². The SMILES string of the molecule is COCCc1sc[n+](CCCCCCCC[n+]2csc(CCOC)c2C)c1C.[I-].[I-]. The van der Waals surface area contributed by atoms with Crippen LogP contribution in [0.3, 0.4) is 0 Å². The molecule has 2 aromatic rings. The van der Waals surface area contributed by atoms with Crippen LogP contribution in [0, 0.1) is 13.8 Å². The van der Waals surface area contributed by atoms with E-state index in [1.54, 1.807) is 14.2 Å². The summed E-state index contributed by atoms with van der Waals surface area (Å²) in [6.07, 6.45) is 10.0. The first-order valence-corrected chi connectivity index (χ1v) is 12.3. The first kappa shape index (κ1) is 30.6. The van der Waals surface area contributed by atoms with Gasteiger partial charge in [-0.1, -0.05) is 35.5 Å². The highest BCUT2D eigenvalue weighted by Crippen LogP contribution is 2.14. The second kappa shape index (κ2) is 18.1. The molecule has 0 amide bonds. The van der Waals surface area contributed by atoms with Gasteiger partial charge in [0.05, 0.1) is 23.0 Å². The predicted molar refractivity (Wildman–Crippen MR) is 117 cm³/mol. The van der Waals surface area contributed by atoms with Crippen LogP contribution in [-0.2, 0) is 35.4 Å². The number of rotatable bonds is 15. The van der Waals surface area contributed by atoms with Gasteiger partial charge >= 0.3 is 0 Å². The summed E-state index contributed by atoms with van der Waals surface area (Å²) in [5.74, 6) is 0. The van der Waals surface area contributed by atoms with Gasteiger partial charge in [0.2, 0.25) is 11.0 Å². The summed E-state index contributed by atoms with van der Waals surface area (Å²) in [5, 5.41) is 0. The topological polar surface area (TPSA) is 26.2 Å². The lowest BCUT2D eigenvalue weighted by atomic mass is 10.1. The molecular weight excluding hydrogens is 642 g/mol. The van der Waals surface area contributed by atoms with E-state index in [0.717, 1.165) is 39.1 Å². The molecule has 0 aliphatic rings. The number of thiazole rings is 2. The number of unbranched alkanes of at least 4 members (excludes halogenated alkanes) is 5. The minimum absolute atomic E-state index is 0. The summed E-state index contributed by atoms with van der Waals surface area (Å²) in [7, 11) is 3.55. The largest absolute Gasteiger partial charge is 1.00 e. The highest BCUT2D eigenvalue weighted by molar-refractivity contribution is 7.09. The standard InChI is InChI=1S/C22H38N2O2S2.2HI/c1-19-21(11-15-25-3)27-17-23(19)13-9-7-5-6-8-10-14-24-18-28-22(20(24)2)12-16-26-4;;/h17-18H,5-16H2,1-4H3;2*1H/q+2;;/p-2. The molecular formula is C22H38I2N2O2S2. The Morgan fingerprint density at radius 3 is 1.40 bits per heavy atom. The van der Waals surface area contributed by atoms with Crippen molar-refractivity contribution >= 4 is 22.7 Å². The number of hydrogen-bond donors (Lipinski definition) is 0. The van der Waals surface area contributed by atoms with E-state index in [2.05, 4.69) is 34.0 Å². The molecule has 0 aliphatic carbocycles. The van der Waals surface area contributed by atoms with E-state index in [9.17, 15) is 0 Å². The minimum Gasteiger partial charge on any atom is -1.00 e. The quantitative estimate of drug-likeness (QED) is 0.129. The first-order valence-electron chi connectivity index (χ1n) is 10.6. The van der Waals surface area contributed by atoms with Crippen molar-refractivity contribution in [1.82, 2.24) is 0 Å². The fraction of sp³-hybridized carbons (Fsp3) is 0.727. The summed E-state index contributed by atoms with van der Waals surface area (Å²) >= 11 is 3.74. The molecule has 0 unspecified atom stereocenters. The van der Waals surface area contributed by atoms with Gasteiger partial charge in [-0.05, 0) is 12.8 Å². The number of nitrogens with zero attached hydrogens (tertiary/aromatic N) is 2. The van der Waals surface area contributed by atoms with Crippen LogP contribution < -0.4 is 57.1 Å². The zero-order valence-electron chi connectivity index (χ0n) is 18.9. The lowest BCUT2D eigenvalue weighted by molar-refractivity contribution is -0.699. The van der Waals surface area contributed by atoms with Crippen molar-refractivity contribution in [2.75, 3.05) is 27.4 Å². The average Bonchev–Trinajstić information content (AvgIpc) is 3.23. The molecule has 0 fully saturated rings. The molecule has 174 valence electrons. The average molecular weight is 681 g/mol. The van der Waals surface area contributed by atoms with E-state index in [1.165, 1.54) is 59.7 Å². The molecule has 0 spiro atoms. The first-order chi connectivity index (χ1) is 13.7. The molecule has 30 heavy (non-hydrogen) atoms. The number of halogens is 2. The van der Waals surface area contributed by atoms with Gasteiger partial charge in [-0.2, -0.15) is 9.13 Å². The van der Waals surface area contributed by atoms with Crippen LogP contribution in [0.5, 0.6) is 0 Å². The molecule has 0 atom stereocenters. The molecule has 0 bridgehead atoms. The summed E-state index contributed by atoms with van der Waals surface area (Å²) < 4.78 is 15.2. The maximum atomic E-state index is 5.20. The Hall–Kier alpha value is 0.640. The second-order valence-electron chi connectivity index (χ2n) is 7.46. The smallest absolute Gasteiger partial charge is 0.225 e. The lowest BCUT2D eigenvalue weighted by Gasteiger charge is -2.01. The molecule has 0 aliphatic heterocycles. The third kappa shape index (κ3) is 10.5. The molecule has 0 N–H and O–H groups in total. The highest BCUT2D eigenvalue weighted by Gasteiger charge is 2.15. The Morgan fingerprint density at radius 2 is 1.03 bits per heavy atom. The fourth-order valence-corrected chi connectivity index (χ4v) is 5.50. The van der Waals surface area contributed by atoms with Crippen molar-refractivity contribution in [3.05, 3.63) is 32.2 Å². The van der Waals surface area contributed by atoms with Crippen LogP contribution >= 0.6 is 22.7 Å². The number of aryl methyl sites for hydroxylation is 2. The zero-order valence-corrected chi connectivity index (χ0v) is 24.9. The summed E-state index contributed by atoms with van der Waals surface area (Å²) in [6.45, 7) is 8.43. The van der Waals surface area contributed by atoms with Crippen LogP contribution in [0.15, 0.2) is 11.0 Å². The van der Waals surface area contributed by atoms with Crippen LogP contribution in [0.4, 0.5) is 0 Å². The summed E-state index contributed by atoms with van der Waals surface area (Å²) in [4.78, 5) is 2.93. The highest BCUT2D eigenvalue weighted by atomic mass is 127. The molecule has 2 rings (SSSR count). The molecule has 2 aromatic heterocycles. The monoisotopic (exact) mass is 680 g/mol. The van der Waals surface area contributed by atoms with E-state index >= 15 is 0 Å². The molecule has 0 saturated carbocycles. The number of aromatic nitrogens is 2. The number of ether oxygens (including phenoxy) is 2. The van der Waals surface area contributed by atoms with Crippen LogP contribution in [0.25, 0.3) is 0 Å². The molecule has 0 saturated heterocycles. The Morgan fingerprint density at radius 1 is 0.667 bits per heavy atom. The third-order valence-corrected chi connectivity index (χ3v) is 7.72. The Labute approximate surface area is 225 Å². The Balaban J connectivity index is 0.00000420. The molecule has 8 heteroatoms. The Bertz CT molecular complexity index is 634. The van der Waals surface area contributed by atoms with Gasteiger partial charge in [0, 0.05) is 53.8 Å². The van der Waals surface area contributed by atoms with Crippen molar-refractivity contribution in [1.29, 1.82) is 0 Å². The van der Waals surface area contributed by atoms with Gasteiger partial charge in [-0.15, -0.1) is 0 Å². The van der Waals surface area contributed by atoms with Gasteiger partial charge in [0.1, 0.15) is 13.1 Å². The molecule has 4 nitrogen and oxygen atoms in total. The summed E-state index contributed by atoms with van der Waals surface area (Å²) in [6, 6.07) is 0. The van der Waals surface area contributed by atoms with E-state index in [1.807, 2.05) is 22.7 Å². The van der Waals surface area contributed by atoms with Gasteiger partial charge in [0.15, 0.2) is 11.4 Å². The van der Waals surface area contributed by atoms with E-state index in [-0.39, 0.29) is 48.0 Å². The number of hydrogen-bond acceptors (Lipinski definition) is 4. The van der Waals surface area contributed by atoms with Crippen molar-refractivity contribution in [3.63, 3.8) is 0 Å². The van der Waals surface area contributed by atoms with Gasteiger partial charge < -0.3 is 57.4 Å². The predicted octanol–water partition coefficient (Wildman–Crippen LogP) is -1.57. The van der Waals surface area contributed by atoms with E-state index < -0.39 is 0 Å². The van der Waals surface area contributed by atoms with Gasteiger partial charge in [0.25, 0.3) is 0 Å². The van der Waals surface area contributed by atoms with Crippen molar-refractivity contribution in [2.24, 2.45) is 0 Å². The van der Waals surface area contributed by atoms with Gasteiger partial charge in [-0.25, -0.2) is 0 Å². The maximum absolute atomic E-state index is 5.20. The fourth-order valence-electron chi connectivity index (χ4n) is 3.48. The van der Waals surface area contributed by atoms with Crippen molar-refractivity contribution in [2.45, 2.75) is 78.3 Å². The molecule has 0 radical (unpaired) electrons. The Kier molecular flexibility index (Phi) is 18.5. The van der Waals surface area contributed by atoms with E-state index in [0.29, 0.717) is 0 Å². The normalized spacial score (nSPS) is 10.7. The third-order valence-electron chi connectivity index (χ3n) is 5.43. The lowest BCUT2D eigenvalue weighted by Crippen LogP contribution is -3.00. The van der Waals surface area contributed by atoms with Gasteiger partial charge in [-0.3, -0.25) is 0 Å². The maximum Gasteiger partial charge on any atom is 0.225 e. The van der Waals surface area contributed by atoms with Crippen molar-refractivity contribution in [3.8, 4) is 0 Å². The van der Waals surface area contributed by atoms with Crippen LogP contribution in [-0.4, -0.2) is 27.4 Å². The second-order valence-corrected chi connectivity index (χ2v) is 9.34. The van der Waals surface area contributed by atoms with Crippen molar-refractivity contribution < 1.29 is 66.6 Å². The number of methoxy groups -OCH3 is 2. The molecule has 2 heterocycles. The van der Waals surface area contributed by atoms with Crippen LogP contribution in [0.1, 0.15) is 59.7 Å². The minimum atomic E-state index is 0. The summed E-state index contributed by atoms with van der Waals surface area (Å²) in [5.41, 5.74) is 7.41. The van der Waals surface area contributed by atoms with Crippen LogP contribution in [0.2, 0.25) is 0 Å². The molecule has 0 aromatic carbocycles.